The highest BCUT2D eigenvalue weighted by Crippen LogP contribution is 2.30. The number of aromatic nitrogens is 2. The molecule has 0 aliphatic rings. The first-order valence-corrected chi connectivity index (χ1v) is 8.64. The monoisotopic (exact) mass is 368 g/mol. The lowest BCUT2D eigenvalue weighted by Gasteiger charge is -2.05. The van der Waals surface area contributed by atoms with Crippen LogP contribution >= 0.6 is 0 Å². The summed E-state index contributed by atoms with van der Waals surface area (Å²) in [4.78, 5) is 12.5. The third kappa shape index (κ3) is 2.85. The molecule has 1 heterocycles. The van der Waals surface area contributed by atoms with Crippen LogP contribution in [0.5, 0.6) is 0 Å². The van der Waals surface area contributed by atoms with Gasteiger partial charge in [-0.25, -0.2) is 0 Å². The number of nitrogens with zero attached hydrogens (tertiary/aromatic N) is 3. The Kier molecular flexibility index (Phi) is 4.26. The lowest BCUT2D eigenvalue weighted by atomic mass is 10.0. The maximum Gasteiger partial charge on any atom is 0.270 e. The number of benzene rings is 3. The highest BCUT2D eigenvalue weighted by atomic mass is 16.3. The Balaban J connectivity index is 1.84. The minimum Gasteiger partial charge on any atom is -0.504 e. The van der Waals surface area contributed by atoms with Gasteiger partial charge in [0.2, 0.25) is 0 Å². The Bertz CT molecular complexity index is 1280. The molecule has 0 aliphatic carbocycles. The second-order valence-electron chi connectivity index (χ2n) is 6.31. The molecular formula is C22H16N4O2. The maximum absolute atomic E-state index is 12.5. The Morgan fingerprint density at radius 3 is 2.50 bits per heavy atom. The van der Waals surface area contributed by atoms with Crippen molar-refractivity contribution in [2.75, 3.05) is 5.32 Å². The van der Waals surface area contributed by atoms with Crippen LogP contribution in [0.1, 0.15) is 5.69 Å². The van der Waals surface area contributed by atoms with E-state index in [2.05, 4.69) is 10.4 Å². The first kappa shape index (κ1) is 17.3. The van der Waals surface area contributed by atoms with E-state index in [1.165, 1.54) is 0 Å². The van der Waals surface area contributed by atoms with E-state index in [-0.39, 0.29) is 5.69 Å². The van der Waals surface area contributed by atoms with Gasteiger partial charge in [0, 0.05) is 23.5 Å². The quantitative estimate of drug-likeness (QED) is 0.323. The van der Waals surface area contributed by atoms with Crippen molar-refractivity contribution in [1.82, 2.24) is 9.78 Å². The molecule has 0 fully saturated rings. The van der Waals surface area contributed by atoms with Crippen LogP contribution in [-0.2, 0) is 11.8 Å². The predicted octanol–water partition coefficient (Wildman–Crippen LogP) is 4.16. The number of rotatable bonds is 3. The van der Waals surface area contributed by atoms with Gasteiger partial charge in [-0.05, 0) is 23.6 Å². The number of carbonyl (C=O) groups excluding carboxylic acids is 1. The second kappa shape index (κ2) is 6.89. The number of hydrogen-bond acceptors (Lipinski definition) is 4. The zero-order chi connectivity index (χ0) is 19.7. The van der Waals surface area contributed by atoms with Crippen molar-refractivity contribution in [1.29, 1.82) is 5.26 Å². The molecular weight excluding hydrogens is 352 g/mol. The molecule has 6 heteroatoms. The molecule has 0 spiro atoms. The first-order chi connectivity index (χ1) is 13.6. The summed E-state index contributed by atoms with van der Waals surface area (Å²) >= 11 is 0. The minimum atomic E-state index is -0.689. The highest BCUT2D eigenvalue weighted by Gasteiger charge is 2.22. The summed E-state index contributed by atoms with van der Waals surface area (Å²) in [5.74, 6) is -1.14. The standard InChI is InChI=1S/C22H16N4O2/c1-26-20-16-10-6-5-7-14(16)11-12-17(20)19(25-26)21(27)18(13-23)22(28)24-15-8-3-2-4-9-15/h2-12,27H,1H3,(H,24,28)/b21-18-. The molecule has 4 aromatic rings. The van der Waals surface area contributed by atoms with E-state index < -0.39 is 17.2 Å². The molecule has 0 unspecified atom stereocenters. The second-order valence-corrected chi connectivity index (χ2v) is 6.31. The number of aliphatic hydroxyl groups is 1. The number of nitriles is 1. The normalized spacial score (nSPS) is 11.9. The molecule has 0 atom stereocenters. The number of para-hydroxylation sites is 1. The lowest BCUT2D eigenvalue weighted by molar-refractivity contribution is -0.112. The number of carbonyl (C=O) groups is 1. The summed E-state index contributed by atoms with van der Waals surface area (Å²) in [7, 11) is 1.77. The minimum absolute atomic E-state index is 0.197. The third-order valence-corrected chi connectivity index (χ3v) is 4.56. The first-order valence-electron chi connectivity index (χ1n) is 8.64. The van der Waals surface area contributed by atoms with Crippen LogP contribution in [0, 0.1) is 11.3 Å². The van der Waals surface area contributed by atoms with Crippen LogP contribution in [0.15, 0.2) is 72.3 Å². The molecule has 6 nitrogen and oxygen atoms in total. The van der Waals surface area contributed by atoms with Gasteiger partial charge in [0.05, 0.1) is 5.52 Å². The lowest BCUT2D eigenvalue weighted by Crippen LogP contribution is -2.15. The summed E-state index contributed by atoms with van der Waals surface area (Å²) in [5.41, 5.74) is 1.16. The van der Waals surface area contributed by atoms with Gasteiger partial charge < -0.3 is 10.4 Å². The van der Waals surface area contributed by atoms with Crippen molar-refractivity contribution >= 4 is 39.0 Å². The van der Waals surface area contributed by atoms with E-state index in [1.807, 2.05) is 42.5 Å². The maximum atomic E-state index is 12.5. The van der Waals surface area contributed by atoms with E-state index in [1.54, 1.807) is 42.1 Å². The zero-order valence-corrected chi connectivity index (χ0v) is 15.0. The summed E-state index contributed by atoms with van der Waals surface area (Å²) < 4.78 is 1.65. The van der Waals surface area contributed by atoms with Crippen molar-refractivity contribution in [3.8, 4) is 6.07 Å². The van der Waals surface area contributed by atoms with E-state index in [9.17, 15) is 15.2 Å². The fraction of sp³-hybridized carbons (Fsp3) is 0.0455. The van der Waals surface area contributed by atoms with Crippen LogP contribution in [0.4, 0.5) is 5.69 Å². The molecule has 1 amide bonds. The van der Waals surface area contributed by atoms with E-state index in [0.717, 1.165) is 16.3 Å². The van der Waals surface area contributed by atoms with Gasteiger partial charge in [0.15, 0.2) is 11.3 Å². The van der Waals surface area contributed by atoms with Gasteiger partial charge in [-0.2, -0.15) is 10.4 Å². The average molecular weight is 368 g/mol. The Labute approximate surface area is 160 Å². The summed E-state index contributed by atoms with van der Waals surface area (Å²) in [6.45, 7) is 0. The Morgan fingerprint density at radius 1 is 1.04 bits per heavy atom. The van der Waals surface area contributed by atoms with Crippen LogP contribution in [0.25, 0.3) is 27.4 Å². The molecule has 28 heavy (non-hydrogen) atoms. The molecule has 2 N–H and O–H groups in total. The number of fused-ring (bicyclic) bond motifs is 3. The number of aliphatic hydroxyl groups excluding tert-OH is 1. The summed E-state index contributed by atoms with van der Waals surface area (Å²) in [6.07, 6.45) is 0. The van der Waals surface area contributed by atoms with Gasteiger partial charge in [-0.3, -0.25) is 9.48 Å². The molecule has 0 saturated carbocycles. The predicted molar refractivity (Wildman–Crippen MR) is 108 cm³/mol. The fourth-order valence-electron chi connectivity index (χ4n) is 3.27. The molecule has 1 aromatic heterocycles. The Morgan fingerprint density at radius 2 is 1.75 bits per heavy atom. The van der Waals surface area contributed by atoms with E-state index in [4.69, 9.17) is 0 Å². The van der Waals surface area contributed by atoms with Crippen LogP contribution in [-0.4, -0.2) is 20.8 Å². The molecule has 0 radical (unpaired) electrons. The molecule has 0 saturated heterocycles. The summed E-state index contributed by atoms with van der Waals surface area (Å²) in [6, 6.07) is 22.1. The molecule has 0 aliphatic heterocycles. The number of anilines is 1. The van der Waals surface area contributed by atoms with Crippen molar-refractivity contribution in [2.24, 2.45) is 7.05 Å². The molecule has 0 bridgehead atoms. The number of nitrogens with one attached hydrogen (secondary N) is 1. The van der Waals surface area contributed by atoms with Crippen molar-refractivity contribution in [3.63, 3.8) is 0 Å². The largest absolute Gasteiger partial charge is 0.504 e. The zero-order valence-electron chi connectivity index (χ0n) is 15.0. The topological polar surface area (TPSA) is 90.9 Å². The van der Waals surface area contributed by atoms with Crippen molar-refractivity contribution in [3.05, 3.63) is 78.0 Å². The average Bonchev–Trinajstić information content (AvgIpc) is 3.06. The van der Waals surface area contributed by atoms with Crippen LogP contribution in [0.3, 0.4) is 0 Å². The van der Waals surface area contributed by atoms with Gasteiger partial charge >= 0.3 is 0 Å². The molecule has 4 rings (SSSR count). The number of amides is 1. The fourth-order valence-corrected chi connectivity index (χ4v) is 3.27. The number of aryl methyl sites for hydroxylation is 1. The van der Waals surface area contributed by atoms with Crippen molar-refractivity contribution in [2.45, 2.75) is 0 Å². The highest BCUT2D eigenvalue weighted by molar-refractivity contribution is 6.13. The van der Waals surface area contributed by atoms with Crippen LogP contribution in [0.2, 0.25) is 0 Å². The van der Waals surface area contributed by atoms with Crippen LogP contribution < -0.4 is 5.32 Å². The molecule has 136 valence electrons. The van der Waals surface area contributed by atoms with Gasteiger partial charge in [0.25, 0.3) is 5.91 Å². The van der Waals surface area contributed by atoms with Gasteiger partial charge in [-0.15, -0.1) is 0 Å². The third-order valence-electron chi connectivity index (χ3n) is 4.56. The van der Waals surface area contributed by atoms with E-state index in [0.29, 0.717) is 11.1 Å². The SMILES string of the molecule is Cn1nc(/C(O)=C(\C#N)C(=O)Nc2ccccc2)c2ccc3ccccc3c21. The molecule has 3 aromatic carbocycles. The van der Waals surface area contributed by atoms with Gasteiger partial charge in [0.1, 0.15) is 11.8 Å². The van der Waals surface area contributed by atoms with Gasteiger partial charge in [-0.1, -0.05) is 48.5 Å². The smallest absolute Gasteiger partial charge is 0.270 e. The van der Waals surface area contributed by atoms with Crippen molar-refractivity contribution < 1.29 is 9.90 Å². The Hall–Kier alpha value is -4.11. The number of hydrogen-bond donors (Lipinski definition) is 2. The summed E-state index contributed by atoms with van der Waals surface area (Å²) in [5, 5.41) is 29.9. The van der Waals surface area contributed by atoms with E-state index >= 15 is 0 Å².